The van der Waals surface area contributed by atoms with E-state index < -0.39 is 5.97 Å². The predicted molar refractivity (Wildman–Crippen MR) is 113 cm³/mol. The number of thioether (sulfide) groups is 1. The van der Waals surface area contributed by atoms with Crippen LogP contribution < -0.4 is 10.1 Å². The van der Waals surface area contributed by atoms with Gasteiger partial charge in [0.2, 0.25) is 5.91 Å². The van der Waals surface area contributed by atoms with E-state index in [-0.39, 0.29) is 22.4 Å². The van der Waals surface area contributed by atoms with Gasteiger partial charge in [-0.1, -0.05) is 35.5 Å². The summed E-state index contributed by atoms with van der Waals surface area (Å²) < 4.78 is 15.9. The molecular formula is C20H18ClN3O5S. The third-order valence-electron chi connectivity index (χ3n) is 3.81. The summed E-state index contributed by atoms with van der Waals surface area (Å²) >= 11 is 7.17. The van der Waals surface area contributed by atoms with Crippen molar-refractivity contribution < 1.29 is 23.5 Å². The number of methoxy groups -OCH3 is 1. The van der Waals surface area contributed by atoms with E-state index in [9.17, 15) is 9.59 Å². The number of benzene rings is 2. The van der Waals surface area contributed by atoms with E-state index in [0.29, 0.717) is 34.5 Å². The summed E-state index contributed by atoms with van der Waals surface area (Å²) in [7, 11) is 1.28. The van der Waals surface area contributed by atoms with Crippen molar-refractivity contribution in [2.45, 2.75) is 12.1 Å². The Bertz CT molecular complexity index is 1060. The minimum atomic E-state index is -0.526. The van der Waals surface area contributed by atoms with E-state index in [1.165, 1.54) is 25.3 Å². The first-order valence-electron chi connectivity index (χ1n) is 8.88. The molecule has 0 atom stereocenters. The second-order valence-electron chi connectivity index (χ2n) is 5.83. The molecular weight excluding hydrogens is 430 g/mol. The Balaban J connectivity index is 1.63. The molecule has 1 aromatic heterocycles. The fraction of sp³-hybridized carbons (Fsp3) is 0.200. The van der Waals surface area contributed by atoms with Gasteiger partial charge in [0.05, 0.1) is 41.3 Å². The van der Waals surface area contributed by atoms with Crippen molar-refractivity contribution in [1.29, 1.82) is 0 Å². The molecule has 8 nitrogen and oxygen atoms in total. The molecule has 1 heterocycles. The molecule has 156 valence electrons. The zero-order chi connectivity index (χ0) is 21.5. The van der Waals surface area contributed by atoms with Crippen LogP contribution in [0.2, 0.25) is 5.02 Å². The Morgan fingerprint density at radius 2 is 2.00 bits per heavy atom. The number of hydrogen-bond donors (Lipinski definition) is 1. The molecule has 0 aliphatic heterocycles. The largest absolute Gasteiger partial charge is 0.493 e. The average molecular weight is 448 g/mol. The van der Waals surface area contributed by atoms with Crippen LogP contribution in [0.5, 0.6) is 5.75 Å². The number of anilines is 1. The van der Waals surface area contributed by atoms with Gasteiger partial charge >= 0.3 is 5.97 Å². The van der Waals surface area contributed by atoms with Crippen molar-refractivity contribution in [3.05, 3.63) is 53.1 Å². The lowest BCUT2D eigenvalue weighted by Crippen LogP contribution is -2.15. The number of carbonyl (C=O) groups excluding carboxylic acids is 2. The van der Waals surface area contributed by atoms with Crippen molar-refractivity contribution in [2.24, 2.45) is 0 Å². The minimum Gasteiger partial charge on any atom is -0.493 e. The van der Waals surface area contributed by atoms with Crippen LogP contribution in [-0.4, -0.2) is 41.5 Å². The third kappa shape index (κ3) is 5.31. The zero-order valence-corrected chi connectivity index (χ0v) is 17.7. The van der Waals surface area contributed by atoms with E-state index in [4.69, 9.17) is 20.8 Å². The SMILES string of the molecule is CCOc1ccccc1-c1nnc(SCC(=O)Nc2cc(C(=O)OC)ccc2Cl)o1. The number of nitrogens with one attached hydrogen (secondary N) is 1. The summed E-state index contributed by atoms with van der Waals surface area (Å²) in [6.45, 7) is 2.39. The summed E-state index contributed by atoms with van der Waals surface area (Å²) in [5.74, 6) is 0.0718. The Morgan fingerprint density at radius 1 is 1.20 bits per heavy atom. The summed E-state index contributed by atoms with van der Waals surface area (Å²) in [5.41, 5.74) is 1.26. The lowest BCUT2D eigenvalue weighted by molar-refractivity contribution is -0.113. The molecule has 0 unspecified atom stereocenters. The van der Waals surface area contributed by atoms with E-state index in [2.05, 4.69) is 20.3 Å². The molecule has 1 N–H and O–H groups in total. The van der Waals surface area contributed by atoms with Gasteiger partial charge in [-0.25, -0.2) is 4.79 Å². The Hall–Kier alpha value is -3.04. The summed E-state index contributed by atoms with van der Waals surface area (Å²) in [6.07, 6.45) is 0. The van der Waals surface area contributed by atoms with Crippen molar-refractivity contribution in [3.8, 4) is 17.2 Å². The fourth-order valence-corrected chi connectivity index (χ4v) is 3.21. The molecule has 0 saturated carbocycles. The molecule has 0 bridgehead atoms. The first-order valence-corrected chi connectivity index (χ1v) is 10.2. The summed E-state index contributed by atoms with van der Waals surface area (Å²) in [4.78, 5) is 23.9. The molecule has 3 rings (SSSR count). The molecule has 1 amide bonds. The summed E-state index contributed by atoms with van der Waals surface area (Å²) in [5, 5.41) is 11.2. The number of esters is 1. The van der Waals surface area contributed by atoms with Crippen LogP contribution in [0.4, 0.5) is 5.69 Å². The van der Waals surface area contributed by atoms with E-state index in [1.807, 2.05) is 31.2 Å². The molecule has 0 fully saturated rings. The van der Waals surface area contributed by atoms with Crippen LogP contribution in [0.1, 0.15) is 17.3 Å². The first kappa shape index (κ1) is 21.7. The Labute approximate surface area is 181 Å². The maximum absolute atomic E-state index is 12.3. The van der Waals surface area contributed by atoms with Crippen molar-refractivity contribution in [2.75, 3.05) is 24.8 Å². The second kappa shape index (κ2) is 10.1. The van der Waals surface area contributed by atoms with Gasteiger partial charge in [-0.2, -0.15) is 0 Å². The van der Waals surface area contributed by atoms with Gasteiger partial charge in [0, 0.05) is 0 Å². The molecule has 0 saturated heterocycles. The highest BCUT2D eigenvalue weighted by molar-refractivity contribution is 7.99. The average Bonchev–Trinajstić information content (AvgIpc) is 3.23. The van der Waals surface area contributed by atoms with Crippen molar-refractivity contribution in [3.63, 3.8) is 0 Å². The highest BCUT2D eigenvalue weighted by Gasteiger charge is 2.16. The van der Waals surface area contributed by atoms with Gasteiger partial charge in [-0.15, -0.1) is 10.2 Å². The highest BCUT2D eigenvalue weighted by Crippen LogP contribution is 2.31. The van der Waals surface area contributed by atoms with Crippen molar-refractivity contribution in [1.82, 2.24) is 10.2 Å². The number of rotatable bonds is 8. The Kier molecular flexibility index (Phi) is 7.31. The second-order valence-corrected chi connectivity index (χ2v) is 7.16. The van der Waals surface area contributed by atoms with E-state index >= 15 is 0 Å². The quantitative estimate of drug-likeness (QED) is 0.402. The minimum absolute atomic E-state index is 0.00746. The maximum Gasteiger partial charge on any atom is 0.337 e. The molecule has 30 heavy (non-hydrogen) atoms. The van der Waals surface area contributed by atoms with E-state index in [0.717, 1.165) is 11.8 Å². The number of amides is 1. The van der Waals surface area contributed by atoms with Crippen LogP contribution in [0.25, 0.3) is 11.5 Å². The summed E-state index contributed by atoms with van der Waals surface area (Å²) in [6, 6.07) is 11.8. The molecule has 0 aliphatic carbocycles. The highest BCUT2D eigenvalue weighted by atomic mass is 35.5. The smallest absolute Gasteiger partial charge is 0.337 e. The number of halogens is 1. The molecule has 2 aromatic carbocycles. The van der Waals surface area contributed by atoms with Crippen LogP contribution in [0.3, 0.4) is 0 Å². The van der Waals surface area contributed by atoms with Gasteiger partial charge in [-0.05, 0) is 37.3 Å². The lowest BCUT2D eigenvalue weighted by Gasteiger charge is -2.08. The number of aromatic nitrogens is 2. The number of carbonyl (C=O) groups is 2. The predicted octanol–water partition coefficient (Wildman–Crippen LogP) is 4.31. The van der Waals surface area contributed by atoms with Crippen molar-refractivity contribution >= 4 is 40.9 Å². The van der Waals surface area contributed by atoms with Gasteiger partial charge in [0.25, 0.3) is 11.1 Å². The standard InChI is InChI=1S/C20H18ClN3O5S/c1-3-28-16-7-5-4-6-13(16)18-23-24-20(29-18)30-11-17(25)22-15-10-12(19(26)27-2)8-9-14(15)21/h4-10H,3,11H2,1-2H3,(H,22,25). The van der Waals surface area contributed by atoms with Crippen LogP contribution in [0, 0.1) is 0 Å². The number of hydrogen-bond acceptors (Lipinski definition) is 8. The molecule has 10 heteroatoms. The Morgan fingerprint density at radius 3 is 2.77 bits per heavy atom. The molecule has 3 aromatic rings. The van der Waals surface area contributed by atoms with Gasteiger partial charge in [-0.3, -0.25) is 4.79 Å². The van der Waals surface area contributed by atoms with E-state index in [1.54, 1.807) is 0 Å². The van der Waals surface area contributed by atoms with Gasteiger partial charge in [0.15, 0.2) is 0 Å². The van der Waals surface area contributed by atoms with Gasteiger partial charge in [0.1, 0.15) is 5.75 Å². The normalized spacial score (nSPS) is 10.5. The fourth-order valence-electron chi connectivity index (χ4n) is 2.48. The van der Waals surface area contributed by atoms with Crippen LogP contribution in [-0.2, 0) is 9.53 Å². The maximum atomic E-state index is 12.3. The van der Waals surface area contributed by atoms with Gasteiger partial charge < -0.3 is 19.2 Å². The number of ether oxygens (including phenoxy) is 2. The van der Waals surface area contributed by atoms with Crippen LogP contribution >= 0.6 is 23.4 Å². The molecule has 0 aliphatic rings. The molecule has 0 spiro atoms. The lowest BCUT2D eigenvalue weighted by atomic mass is 10.2. The monoisotopic (exact) mass is 447 g/mol. The number of nitrogens with zero attached hydrogens (tertiary/aromatic N) is 2. The first-order chi connectivity index (χ1) is 14.5. The topological polar surface area (TPSA) is 104 Å². The number of para-hydroxylation sites is 1. The van der Waals surface area contributed by atoms with Crippen LogP contribution in [0.15, 0.2) is 52.1 Å². The zero-order valence-electron chi connectivity index (χ0n) is 16.2. The molecule has 0 radical (unpaired) electrons. The third-order valence-corrected chi connectivity index (χ3v) is 4.96.